The Morgan fingerprint density at radius 2 is 1.78 bits per heavy atom. The maximum Gasteiger partial charge on any atom is 0.573 e. The van der Waals surface area contributed by atoms with Crippen molar-refractivity contribution in [3.63, 3.8) is 0 Å². The number of hydrogen-bond acceptors (Lipinski definition) is 1. The second-order valence-corrected chi connectivity index (χ2v) is 8.48. The highest BCUT2D eigenvalue weighted by Gasteiger charge is 2.34. The van der Waals surface area contributed by atoms with Crippen molar-refractivity contribution in [3.05, 3.63) is 76.4 Å². The van der Waals surface area contributed by atoms with E-state index in [1.807, 2.05) is 24.3 Å². The van der Waals surface area contributed by atoms with E-state index in [0.717, 1.165) is 30.7 Å². The highest BCUT2D eigenvalue weighted by Crippen LogP contribution is 2.39. The Morgan fingerprint density at radius 3 is 2.53 bits per heavy atom. The van der Waals surface area contributed by atoms with Crippen LogP contribution in [-0.2, 0) is 19.3 Å². The number of rotatable bonds is 6. The number of aryl methyl sites for hydroxylation is 1. The Balaban J connectivity index is 1.57. The van der Waals surface area contributed by atoms with Crippen LogP contribution in [0.15, 0.2) is 42.5 Å². The summed E-state index contributed by atoms with van der Waals surface area (Å²) in [5.74, 6) is -2.23. The molecule has 0 heterocycles. The smallest absolute Gasteiger partial charge is 0.403 e. The molecular formula is C26H25F5O. The van der Waals surface area contributed by atoms with Gasteiger partial charge in [0, 0.05) is 5.39 Å². The van der Waals surface area contributed by atoms with Gasteiger partial charge in [-0.15, -0.1) is 13.2 Å². The molecule has 1 unspecified atom stereocenters. The lowest BCUT2D eigenvalue weighted by Gasteiger charge is -2.27. The Hall–Kier alpha value is -2.63. The van der Waals surface area contributed by atoms with Crippen LogP contribution in [0, 0.1) is 11.6 Å². The van der Waals surface area contributed by atoms with Crippen molar-refractivity contribution in [3.8, 4) is 5.75 Å². The molecule has 0 fully saturated rings. The molecule has 0 bridgehead atoms. The van der Waals surface area contributed by atoms with Crippen LogP contribution in [0.3, 0.4) is 0 Å². The minimum atomic E-state index is -4.95. The fourth-order valence-corrected chi connectivity index (χ4v) is 4.66. The van der Waals surface area contributed by atoms with E-state index in [9.17, 15) is 17.6 Å². The van der Waals surface area contributed by atoms with Crippen molar-refractivity contribution in [1.82, 2.24) is 0 Å². The van der Waals surface area contributed by atoms with Gasteiger partial charge < -0.3 is 4.74 Å². The monoisotopic (exact) mass is 448 g/mol. The zero-order chi connectivity index (χ0) is 22.9. The van der Waals surface area contributed by atoms with Crippen LogP contribution in [0.2, 0.25) is 0 Å². The predicted molar refractivity (Wildman–Crippen MR) is 115 cm³/mol. The van der Waals surface area contributed by atoms with Crippen LogP contribution in [0.4, 0.5) is 22.0 Å². The third-order valence-electron chi connectivity index (χ3n) is 6.30. The lowest BCUT2D eigenvalue weighted by Crippen LogP contribution is -2.20. The minimum Gasteiger partial charge on any atom is -0.403 e. The molecule has 0 saturated carbocycles. The molecule has 32 heavy (non-hydrogen) atoms. The molecule has 1 aliphatic rings. The van der Waals surface area contributed by atoms with E-state index in [1.165, 1.54) is 18.1 Å². The first kappa shape index (κ1) is 22.6. The van der Waals surface area contributed by atoms with Gasteiger partial charge in [-0.1, -0.05) is 56.2 Å². The highest BCUT2D eigenvalue weighted by molar-refractivity contribution is 5.84. The summed E-state index contributed by atoms with van der Waals surface area (Å²) < 4.78 is 71.2. The summed E-state index contributed by atoms with van der Waals surface area (Å²) in [6, 6.07) is 12.0. The Bertz CT molecular complexity index is 1120. The summed E-state index contributed by atoms with van der Waals surface area (Å²) in [6.07, 6.45) is 0.502. The first-order valence-electron chi connectivity index (χ1n) is 11.0. The van der Waals surface area contributed by atoms with Gasteiger partial charge in [-0.3, -0.25) is 0 Å². The maximum atomic E-state index is 15.4. The molecule has 0 aliphatic heterocycles. The summed E-state index contributed by atoms with van der Waals surface area (Å²) in [7, 11) is 0. The molecule has 1 aliphatic carbocycles. The molecule has 6 heteroatoms. The van der Waals surface area contributed by atoms with Crippen molar-refractivity contribution >= 4 is 10.8 Å². The minimum absolute atomic E-state index is 0.162. The molecule has 1 atom stereocenters. The fraction of sp³-hybridized carbons (Fsp3) is 0.385. The normalized spacial score (nSPS) is 16.2. The van der Waals surface area contributed by atoms with E-state index >= 15 is 4.39 Å². The molecule has 3 aromatic carbocycles. The van der Waals surface area contributed by atoms with Gasteiger partial charge in [0.25, 0.3) is 0 Å². The first-order valence-corrected chi connectivity index (χ1v) is 11.0. The summed E-state index contributed by atoms with van der Waals surface area (Å²) in [5, 5.41) is 1.42. The molecule has 4 rings (SSSR count). The van der Waals surface area contributed by atoms with Crippen molar-refractivity contribution in [2.45, 2.75) is 64.1 Å². The number of benzene rings is 3. The summed E-state index contributed by atoms with van der Waals surface area (Å²) in [4.78, 5) is 0. The zero-order valence-corrected chi connectivity index (χ0v) is 17.9. The maximum absolute atomic E-state index is 15.4. The van der Waals surface area contributed by atoms with Crippen LogP contribution in [0.1, 0.15) is 60.8 Å². The zero-order valence-electron chi connectivity index (χ0n) is 17.9. The topological polar surface area (TPSA) is 9.23 Å². The molecule has 0 spiro atoms. The number of fused-ring (bicyclic) bond motifs is 2. The third kappa shape index (κ3) is 4.74. The van der Waals surface area contributed by atoms with E-state index in [2.05, 4.69) is 11.7 Å². The Labute approximate surface area is 184 Å². The van der Waals surface area contributed by atoms with Gasteiger partial charge in [-0.2, -0.15) is 0 Å². The second kappa shape index (κ2) is 9.08. The standard InChI is InChI=1S/C26H25F5O/c1-2-3-4-5-16-6-10-20-17(14-16)7-11-21(24(20)27)18-8-12-22-19(15-18)9-13-23(25(22)28)32-26(29,30)31/h6-7,9-11,13-14,18H,2-5,8,12,15H2,1H3. The van der Waals surface area contributed by atoms with E-state index < -0.39 is 17.9 Å². The van der Waals surface area contributed by atoms with Gasteiger partial charge in [0.1, 0.15) is 5.82 Å². The number of unbranched alkanes of at least 4 members (excludes halogenated alkanes) is 2. The van der Waals surface area contributed by atoms with Gasteiger partial charge in [-0.05, 0) is 71.7 Å². The number of hydrogen-bond donors (Lipinski definition) is 0. The molecule has 170 valence electrons. The Morgan fingerprint density at radius 1 is 0.969 bits per heavy atom. The van der Waals surface area contributed by atoms with Crippen LogP contribution in [-0.4, -0.2) is 6.36 Å². The number of alkyl halides is 3. The number of halogens is 5. The van der Waals surface area contributed by atoms with Crippen molar-refractivity contribution < 1.29 is 26.7 Å². The van der Waals surface area contributed by atoms with E-state index in [4.69, 9.17) is 0 Å². The first-order chi connectivity index (χ1) is 15.3. The number of ether oxygens (including phenoxy) is 1. The van der Waals surface area contributed by atoms with Crippen molar-refractivity contribution in [2.24, 2.45) is 0 Å². The fourth-order valence-electron chi connectivity index (χ4n) is 4.66. The van der Waals surface area contributed by atoms with Crippen LogP contribution in [0.25, 0.3) is 10.8 Å². The summed E-state index contributed by atoms with van der Waals surface area (Å²) in [5.41, 5.74) is 2.58. The SMILES string of the molecule is CCCCCc1ccc2c(F)c(C3CCc4c(ccc(OC(F)(F)F)c4F)C3)ccc2c1. The van der Waals surface area contributed by atoms with E-state index in [1.54, 1.807) is 6.07 Å². The molecule has 0 radical (unpaired) electrons. The lowest BCUT2D eigenvalue weighted by molar-refractivity contribution is -0.275. The summed E-state index contributed by atoms with van der Waals surface area (Å²) in [6.45, 7) is 2.16. The summed E-state index contributed by atoms with van der Waals surface area (Å²) >= 11 is 0. The molecule has 0 aromatic heterocycles. The lowest BCUT2D eigenvalue weighted by atomic mass is 9.79. The average Bonchev–Trinajstić information content (AvgIpc) is 2.75. The Kier molecular flexibility index (Phi) is 6.40. The molecule has 1 nitrogen and oxygen atoms in total. The van der Waals surface area contributed by atoms with Gasteiger partial charge in [-0.25, -0.2) is 8.78 Å². The molecule has 0 amide bonds. The quantitative estimate of drug-likeness (QED) is 0.274. The average molecular weight is 448 g/mol. The molecule has 0 saturated heterocycles. The van der Waals surface area contributed by atoms with E-state index in [-0.39, 0.29) is 23.7 Å². The molecular weight excluding hydrogens is 423 g/mol. The van der Waals surface area contributed by atoms with Gasteiger partial charge in [0.05, 0.1) is 0 Å². The molecule has 0 N–H and O–H groups in total. The third-order valence-corrected chi connectivity index (χ3v) is 6.30. The van der Waals surface area contributed by atoms with Crippen LogP contribution < -0.4 is 4.74 Å². The van der Waals surface area contributed by atoms with Gasteiger partial charge >= 0.3 is 6.36 Å². The largest absolute Gasteiger partial charge is 0.573 e. The second-order valence-electron chi connectivity index (χ2n) is 8.48. The van der Waals surface area contributed by atoms with Crippen molar-refractivity contribution in [2.75, 3.05) is 0 Å². The van der Waals surface area contributed by atoms with E-state index in [0.29, 0.717) is 29.4 Å². The van der Waals surface area contributed by atoms with Gasteiger partial charge in [0.15, 0.2) is 11.6 Å². The van der Waals surface area contributed by atoms with Crippen LogP contribution >= 0.6 is 0 Å². The van der Waals surface area contributed by atoms with Crippen molar-refractivity contribution in [1.29, 1.82) is 0 Å². The predicted octanol–water partition coefficient (Wildman–Crippen LogP) is 8.02. The van der Waals surface area contributed by atoms with Gasteiger partial charge in [0.2, 0.25) is 0 Å². The van der Waals surface area contributed by atoms with Crippen LogP contribution in [0.5, 0.6) is 5.75 Å². The molecule has 3 aromatic rings. The highest BCUT2D eigenvalue weighted by atomic mass is 19.4.